The number of rotatable bonds is 11. The third-order valence-electron chi connectivity index (χ3n) is 8.22. The molecule has 43 heavy (non-hydrogen) atoms. The molecule has 3 aromatic carbocycles. The fourth-order valence-electron chi connectivity index (χ4n) is 5.94. The van der Waals surface area contributed by atoms with Crippen LogP contribution in [0.15, 0.2) is 77.7 Å². The largest absolute Gasteiger partial charge is 0.494 e. The predicted octanol–water partition coefficient (Wildman–Crippen LogP) is 5.01. The number of benzene rings is 3. The maximum absolute atomic E-state index is 14.5. The molecule has 2 fully saturated rings. The second-order valence-electron chi connectivity index (χ2n) is 11.0. The Morgan fingerprint density at radius 1 is 1.02 bits per heavy atom. The van der Waals surface area contributed by atoms with Crippen LogP contribution in [0.1, 0.15) is 32.6 Å². The van der Waals surface area contributed by atoms with Gasteiger partial charge in [-0.2, -0.15) is 4.31 Å². The molecule has 0 amide bonds. The summed E-state index contributed by atoms with van der Waals surface area (Å²) in [5, 5.41) is 9.56. The molecule has 0 unspecified atom stereocenters. The number of carbonyl (C=O) groups is 1. The molecule has 3 aromatic rings. The van der Waals surface area contributed by atoms with Crippen LogP contribution in [0.25, 0.3) is 0 Å². The average molecular weight is 612 g/mol. The van der Waals surface area contributed by atoms with Crippen LogP contribution in [0.4, 0.5) is 15.8 Å². The minimum atomic E-state index is -3.72. The molecular formula is C32H38FN3O6S. The molecule has 2 atom stereocenters. The van der Waals surface area contributed by atoms with Crippen molar-refractivity contribution in [2.24, 2.45) is 0 Å². The number of aliphatic carboxylic acids is 1. The fraction of sp³-hybridized carbons (Fsp3) is 0.406. The van der Waals surface area contributed by atoms with Gasteiger partial charge in [0.15, 0.2) is 0 Å². The quantitative estimate of drug-likeness (QED) is 0.323. The number of likely N-dealkylation sites (N-methyl/N-ethyl adjacent to an activating group) is 1. The number of ether oxygens (including phenoxy) is 2. The maximum atomic E-state index is 14.5. The first-order valence-electron chi connectivity index (χ1n) is 14.6. The molecule has 2 heterocycles. The Kier molecular flexibility index (Phi) is 9.41. The number of carboxylic acid groups (broad SMARTS) is 1. The van der Waals surface area contributed by atoms with Crippen molar-refractivity contribution in [3.05, 3.63) is 78.6 Å². The van der Waals surface area contributed by atoms with E-state index in [-0.39, 0.29) is 35.3 Å². The van der Waals surface area contributed by atoms with Gasteiger partial charge in [-0.05, 0) is 61.9 Å². The van der Waals surface area contributed by atoms with Crippen LogP contribution in [0, 0.1) is 5.82 Å². The lowest BCUT2D eigenvalue weighted by Crippen LogP contribution is -2.39. The van der Waals surface area contributed by atoms with Crippen molar-refractivity contribution in [1.82, 2.24) is 4.31 Å². The van der Waals surface area contributed by atoms with Crippen molar-refractivity contribution >= 4 is 27.4 Å². The van der Waals surface area contributed by atoms with Gasteiger partial charge in [0.05, 0.1) is 23.6 Å². The minimum absolute atomic E-state index is 0.0204. The van der Waals surface area contributed by atoms with Gasteiger partial charge >= 0.3 is 5.97 Å². The molecule has 0 aromatic heterocycles. The van der Waals surface area contributed by atoms with Gasteiger partial charge in [-0.15, -0.1) is 0 Å². The maximum Gasteiger partial charge on any atom is 0.305 e. The summed E-state index contributed by atoms with van der Waals surface area (Å²) >= 11 is 0. The molecule has 0 spiro atoms. The standard InChI is InChI=1S/C32H38FN3O6S/c1-3-41-28-13-14-30(33)31(21-28)35-17-15-27(16-18-35)42-26-11-9-23(10-12-26)36-22-25(19-24(36)20-32(37)38)34(2)43(39,40)29-7-5-4-6-8-29/h4-14,21,24-25,27H,3,15-20,22H2,1-2H3,(H,37,38)/t24-,25-/m1/s1. The summed E-state index contributed by atoms with van der Waals surface area (Å²) in [6.45, 7) is 4.10. The Balaban J connectivity index is 1.22. The molecule has 2 aliphatic rings. The Bertz CT molecular complexity index is 1500. The fourth-order valence-corrected chi connectivity index (χ4v) is 7.31. The Labute approximate surface area is 252 Å². The third-order valence-corrected chi connectivity index (χ3v) is 10.1. The van der Waals surface area contributed by atoms with Gasteiger partial charge in [-0.1, -0.05) is 18.2 Å². The van der Waals surface area contributed by atoms with Crippen molar-refractivity contribution in [2.75, 3.05) is 43.1 Å². The highest BCUT2D eigenvalue weighted by Crippen LogP contribution is 2.34. The van der Waals surface area contributed by atoms with E-state index < -0.39 is 16.0 Å². The van der Waals surface area contributed by atoms with Crippen molar-refractivity contribution in [3.8, 4) is 11.5 Å². The second-order valence-corrected chi connectivity index (χ2v) is 13.0. The van der Waals surface area contributed by atoms with Crippen LogP contribution >= 0.6 is 0 Å². The molecule has 9 nitrogen and oxygen atoms in total. The van der Waals surface area contributed by atoms with Gasteiger partial charge in [0.2, 0.25) is 10.0 Å². The third kappa shape index (κ3) is 7.05. The van der Waals surface area contributed by atoms with E-state index in [0.29, 0.717) is 49.8 Å². The van der Waals surface area contributed by atoms with Crippen molar-refractivity contribution in [1.29, 1.82) is 0 Å². The van der Waals surface area contributed by atoms with Crippen LogP contribution in [0.3, 0.4) is 0 Å². The predicted molar refractivity (Wildman–Crippen MR) is 163 cm³/mol. The molecule has 1 N–H and O–H groups in total. The Hall–Kier alpha value is -3.83. The van der Waals surface area contributed by atoms with Gasteiger partial charge in [0.25, 0.3) is 0 Å². The average Bonchev–Trinajstić information content (AvgIpc) is 3.42. The number of carboxylic acids is 1. The topological polar surface area (TPSA) is 99.6 Å². The highest BCUT2D eigenvalue weighted by molar-refractivity contribution is 7.89. The van der Waals surface area contributed by atoms with Gasteiger partial charge < -0.3 is 24.4 Å². The van der Waals surface area contributed by atoms with E-state index >= 15 is 0 Å². The normalized spacial score (nSPS) is 19.5. The summed E-state index contributed by atoms with van der Waals surface area (Å²) in [5.41, 5.74) is 1.35. The molecule has 2 aliphatic heterocycles. The summed E-state index contributed by atoms with van der Waals surface area (Å²) in [5.74, 6) is 0.144. The van der Waals surface area contributed by atoms with E-state index in [2.05, 4.69) is 0 Å². The van der Waals surface area contributed by atoms with E-state index in [9.17, 15) is 22.7 Å². The lowest BCUT2D eigenvalue weighted by molar-refractivity contribution is -0.137. The zero-order valence-electron chi connectivity index (χ0n) is 24.4. The van der Waals surface area contributed by atoms with E-state index in [1.54, 1.807) is 49.5 Å². The van der Waals surface area contributed by atoms with Crippen molar-refractivity contribution in [2.45, 2.75) is 55.7 Å². The summed E-state index contributed by atoms with van der Waals surface area (Å²) in [7, 11) is -2.17. The van der Waals surface area contributed by atoms with Crippen LogP contribution < -0.4 is 19.3 Å². The van der Waals surface area contributed by atoms with Crippen molar-refractivity contribution in [3.63, 3.8) is 0 Å². The number of hydrogen-bond acceptors (Lipinski definition) is 7. The molecular weight excluding hydrogens is 573 g/mol. The smallest absolute Gasteiger partial charge is 0.305 e. The van der Waals surface area contributed by atoms with Crippen LogP contribution in [0.5, 0.6) is 11.5 Å². The number of hydrogen-bond donors (Lipinski definition) is 1. The van der Waals surface area contributed by atoms with Crippen LogP contribution in [0.2, 0.25) is 0 Å². The van der Waals surface area contributed by atoms with E-state index in [1.165, 1.54) is 10.4 Å². The highest BCUT2D eigenvalue weighted by Gasteiger charge is 2.39. The second kappa shape index (κ2) is 13.2. The number of piperidine rings is 1. The summed E-state index contributed by atoms with van der Waals surface area (Å²) in [6, 6.07) is 19.9. The van der Waals surface area contributed by atoms with Gasteiger partial charge in [-0.3, -0.25) is 4.79 Å². The molecule has 2 saturated heterocycles. The monoisotopic (exact) mass is 611 g/mol. The number of nitrogens with zero attached hydrogens (tertiary/aromatic N) is 3. The number of anilines is 2. The molecule has 0 saturated carbocycles. The van der Waals surface area contributed by atoms with Gasteiger partial charge in [-0.25, -0.2) is 12.8 Å². The zero-order chi connectivity index (χ0) is 30.6. The molecule has 11 heteroatoms. The van der Waals surface area contributed by atoms with Gasteiger partial charge in [0, 0.05) is 63.4 Å². The minimum Gasteiger partial charge on any atom is -0.494 e. The first-order valence-corrected chi connectivity index (χ1v) is 16.0. The first-order chi connectivity index (χ1) is 20.7. The lowest BCUT2D eigenvalue weighted by atomic mass is 10.1. The van der Waals surface area contributed by atoms with E-state index in [4.69, 9.17) is 9.47 Å². The van der Waals surface area contributed by atoms with Crippen molar-refractivity contribution < 1.29 is 32.2 Å². The molecule has 0 aliphatic carbocycles. The van der Waals surface area contributed by atoms with Crippen LogP contribution in [-0.4, -0.2) is 75.3 Å². The van der Waals surface area contributed by atoms with E-state index in [0.717, 1.165) is 18.5 Å². The van der Waals surface area contributed by atoms with Crippen LogP contribution in [-0.2, 0) is 14.8 Å². The number of sulfonamides is 1. The first kappa shape index (κ1) is 30.6. The summed E-state index contributed by atoms with van der Waals surface area (Å²) in [6.07, 6.45) is 1.75. The SMILES string of the molecule is CCOc1ccc(F)c(N2CCC(Oc3ccc(N4C[C@H](N(C)S(=O)(=O)c5ccccc5)C[C@@H]4CC(=O)O)cc3)CC2)c1. The molecule has 0 radical (unpaired) electrons. The molecule has 5 rings (SSSR count). The van der Waals surface area contributed by atoms with E-state index in [1.807, 2.05) is 41.0 Å². The highest BCUT2D eigenvalue weighted by atomic mass is 32.2. The molecule has 230 valence electrons. The Morgan fingerprint density at radius 2 is 1.70 bits per heavy atom. The number of halogens is 1. The Morgan fingerprint density at radius 3 is 2.35 bits per heavy atom. The zero-order valence-corrected chi connectivity index (χ0v) is 25.2. The summed E-state index contributed by atoms with van der Waals surface area (Å²) in [4.78, 5) is 15.9. The molecule has 0 bridgehead atoms. The van der Waals surface area contributed by atoms with Gasteiger partial charge in [0.1, 0.15) is 23.4 Å². The summed E-state index contributed by atoms with van der Waals surface area (Å²) < 4.78 is 54.1. The lowest BCUT2D eigenvalue weighted by Gasteiger charge is -2.34.